The molecule has 0 radical (unpaired) electrons. The monoisotopic (exact) mass is 434 g/mol. The topological polar surface area (TPSA) is 147 Å². The summed E-state index contributed by atoms with van der Waals surface area (Å²) in [5, 5.41) is 27.6. The summed E-state index contributed by atoms with van der Waals surface area (Å²) >= 11 is 6.28. The predicted octanol–water partition coefficient (Wildman–Crippen LogP) is 1.33. The lowest BCUT2D eigenvalue weighted by Gasteiger charge is -2.08. The molecule has 1 aliphatic carbocycles. The normalized spacial score (nSPS) is 14.8. The van der Waals surface area contributed by atoms with Gasteiger partial charge < -0.3 is 15.4 Å². The Morgan fingerprint density at radius 3 is 2.90 bits per heavy atom. The van der Waals surface area contributed by atoms with E-state index in [1.165, 1.54) is 0 Å². The highest BCUT2D eigenvalue weighted by atomic mass is 35.5. The van der Waals surface area contributed by atoms with Crippen molar-refractivity contribution in [2.45, 2.75) is 18.9 Å². The van der Waals surface area contributed by atoms with E-state index < -0.39 is 5.69 Å². The van der Waals surface area contributed by atoms with Crippen LogP contribution in [0.25, 0.3) is 11.7 Å². The van der Waals surface area contributed by atoms with E-state index in [1.54, 1.807) is 41.1 Å². The molecule has 4 aromatic rings. The number of anilines is 2. The molecule has 1 fully saturated rings. The fraction of sp³-hybridized carbons (Fsp3) is 0.150. The molecule has 0 spiro atoms. The van der Waals surface area contributed by atoms with Gasteiger partial charge in [0, 0.05) is 11.3 Å². The second kappa shape index (κ2) is 7.30. The molecule has 4 N–H and O–H groups in total. The summed E-state index contributed by atoms with van der Waals surface area (Å²) in [6, 6.07) is 8.99. The van der Waals surface area contributed by atoms with Crippen molar-refractivity contribution >= 4 is 34.8 Å². The third-order valence-corrected chi connectivity index (χ3v) is 5.06. The maximum absolute atomic E-state index is 11.4. The summed E-state index contributed by atoms with van der Waals surface area (Å²) in [6.45, 7) is 0. The first kappa shape index (κ1) is 18.9. The molecule has 0 aliphatic heterocycles. The number of hydrogen-bond acceptors (Lipinski definition) is 7. The molecule has 31 heavy (non-hydrogen) atoms. The Bertz CT molecular complexity index is 1540. The zero-order valence-corrected chi connectivity index (χ0v) is 16.7. The number of nitrogens with zero attached hydrogens (tertiary/aromatic N) is 5. The molecule has 1 aromatic carbocycles. The van der Waals surface area contributed by atoms with Gasteiger partial charge in [0.2, 0.25) is 5.88 Å². The van der Waals surface area contributed by atoms with Gasteiger partial charge >= 0.3 is 5.69 Å². The number of nitriles is 1. The fourth-order valence-electron chi connectivity index (χ4n) is 3.09. The highest BCUT2D eigenvalue weighted by molar-refractivity contribution is 6.33. The fourth-order valence-corrected chi connectivity index (χ4v) is 3.25. The van der Waals surface area contributed by atoms with Crippen LogP contribution >= 0.6 is 11.6 Å². The first-order chi connectivity index (χ1) is 15.0. The van der Waals surface area contributed by atoms with Crippen LogP contribution in [0.15, 0.2) is 40.2 Å². The number of aromatic amines is 2. The van der Waals surface area contributed by atoms with Gasteiger partial charge in [-0.1, -0.05) is 11.6 Å². The van der Waals surface area contributed by atoms with E-state index in [1.807, 2.05) is 0 Å². The van der Waals surface area contributed by atoms with Crippen LogP contribution < -0.4 is 21.7 Å². The first-order valence-electron chi connectivity index (χ1n) is 9.42. The third-order valence-electron chi connectivity index (χ3n) is 4.74. The number of H-pyrrole nitrogens is 2. The largest absolute Gasteiger partial charge is 0.493 e. The summed E-state index contributed by atoms with van der Waals surface area (Å²) in [5.41, 5.74) is 1.76. The van der Waals surface area contributed by atoms with Gasteiger partial charge in [-0.25, -0.2) is 9.78 Å². The van der Waals surface area contributed by atoms with E-state index in [0.29, 0.717) is 38.4 Å². The number of aromatic nitrogens is 5. The van der Waals surface area contributed by atoms with E-state index in [0.717, 1.165) is 12.8 Å². The average Bonchev–Trinajstić information content (AvgIpc) is 3.38. The molecular weight excluding hydrogens is 420 g/mol. The van der Waals surface area contributed by atoms with Gasteiger partial charge in [-0.05, 0) is 37.1 Å². The van der Waals surface area contributed by atoms with E-state index in [9.17, 15) is 9.90 Å². The number of aromatic hydroxyl groups is 1. The van der Waals surface area contributed by atoms with Crippen molar-refractivity contribution in [2.24, 2.45) is 4.99 Å². The maximum Gasteiger partial charge on any atom is 0.326 e. The van der Waals surface area contributed by atoms with Gasteiger partial charge in [-0.3, -0.25) is 9.98 Å². The average molecular weight is 435 g/mol. The first-order valence-corrected chi connectivity index (χ1v) is 9.80. The molecular formula is C20H15ClN8O2. The van der Waals surface area contributed by atoms with Crippen LogP contribution in [-0.2, 0) is 0 Å². The highest BCUT2D eigenvalue weighted by Gasteiger charge is 2.20. The Balaban J connectivity index is 1.69. The number of imidazole rings is 1. The summed E-state index contributed by atoms with van der Waals surface area (Å²) in [5.74, 6) is 0.187. The second-order valence-corrected chi connectivity index (χ2v) is 7.52. The quantitative estimate of drug-likeness (QED) is 0.381. The molecule has 0 bridgehead atoms. The van der Waals surface area contributed by atoms with E-state index in [4.69, 9.17) is 21.9 Å². The lowest BCUT2D eigenvalue weighted by molar-refractivity contribution is 0.454. The number of fused-ring (bicyclic) bond motifs is 1. The SMILES string of the molecule is N#Cc1ccc(Cl)c(Nc2cc(=NC3CC3)n3nc/c(=C\c4[nH]c(=O)[nH]c4O)c3n2)c1. The van der Waals surface area contributed by atoms with Crippen LogP contribution in [-0.4, -0.2) is 35.7 Å². The number of hydrogen-bond donors (Lipinski definition) is 4. The van der Waals surface area contributed by atoms with E-state index >= 15 is 0 Å². The molecule has 1 saturated carbocycles. The zero-order valence-electron chi connectivity index (χ0n) is 15.9. The molecule has 0 saturated heterocycles. The molecule has 1 aliphatic rings. The molecule has 10 nitrogen and oxygen atoms in total. The van der Waals surface area contributed by atoms with Crippen LogP contribution in [0, 0.1) is 11.3 Å². The number of nitrogens with one attached hydrogen (secondary N) is 3. The smallest absolute Gasteiger partial charge is 0.326 e. The van der Waals surface area contributed by atoms with Gasteiger partial charge in [0.25, 0.3) is 0 Å². The van der Waals surface area contributed by atoms with Gasteiger partial charge in [0.05, 0.1) is 34.6 Å². The van der Waals surface area contributed by atoms with Gasteiger partial charge in [0.1, 0.15) is 11.5 Å². The molecule has 154 valence electrons. The summed E-state index contributed by atoms with van der Waals surface area (Å²) in [6.07, 6.45) is 5.17. The van der Waals surface area contributed by atoms with Crippen LogP contribution in [0.5, 0.6) is 5.88 Å². The molecule has 0 atom stereocenters. The van der Waals surface area contributed by atoms with E-state index in [-0.39, 0.29) is 17.6 Å². The molecule has 3 heterocycles. The van der Waals surface area contributed by atoms with Crippen molar-refractivity contribution in [1.82, 2.24) is 24.6 Å². The number of rotatable bonds is 4. The lowest BCUT2D eigenvalue weighted by atomic mass is 10.2. The Morgan fingerprint density at radius 1 is 1.35 bits per heavy atom. The zero-order chi connectivity index (χ0) is 21.5. The highest BCUT2D eigenvalue weighted by Crippen LogP contribution is 2.26. The maximum atomic E-state index is 11.4. The standard InChI is InChI=1S/C20H15ClN8O2/c21-13-4-1-10(8-22)5-14(13)25-16-7-17(24-12-2-3-12)29-18(27-16)11(9-23-29)6-15-19(30)28-20(31)26-15/h1,4-7,9,12,25,30H,2-3H2,(H2,26,28,31)/b11-6+,24-17?. The van der Waals surface area contributed by atoms with Crippen molar-refractivity contribution in [1.29, 1.82) is 5.26 Å². The number of halogens is 1. The van der Waals surface area contributed by atoms with Crippen LogP contribution in [0.4, 0.5) is 11.5 Å². The molecule has 11 heteroatoms. The molecule has 0 amide bonds. The van der Waals surface area contributed by atoms with Crippen molar-refractivity contribution in [3.05, 3.63) is 67.9 Å². The van der Waals surface area contributed by atoms with E-state index in [2.05, 4.69) is 31.4 Å². The van der Waals surface area contributed by atoms with Gasteiger partial charge in [-0.15, -0.1) is 0 Å². The Hall–Kier alpha value is -4.10. The second-order valence-electron chi connectivity index (χ2n) is 7.11. The summed E-state index contributed by atoms with van der Waals surface area (Å²) < 4.78 is 1.60. The molecule has 3 aromatic heterocycles. The minimum atomic E-state index is -0.521. The Kier molecular flexibility index (Phi) is 4.45. The minimum absolute atomic E-state index is 0.213. The predicted molar refractivity (Wildman–Crippen MR) is 113 cm³/mol. The van der Waals surface area contributed by atoms with Crippen LogP contribution in [0.3, 0.4) is 0 Å². The Labute approximate surface area is 179 Å². The van der Waals surface area contributed by atoms with Crippen molar-refractivity contribution in [3.8, 4) is 11.9 Å². The van der Waals surface area contributed by atoms with Gasteiger partial charge in [0.15, 0.2) is 11.1 Å². The lowest BCUT2D eigenvalue weighted by Crippen LogP contribution is -2.20. The van der Waals surface area contributed by atoms with Crippen molar-refractivity contribution in [3.63, 3.8) is 0 Å². The minimum Gasteiger partial charge on any atom is -0.493 e. The van der Waals surface area contributed by atoms with Crippen molar-refractivity contribution < 1.29 is 5.11 Å². The van der Waals surface area contributed by atoms with Gasteiger partial charge in [-0.2, -0.15) is 14.9 Å². The van der Waals surface area contributed by atoms with Crippen LogP contribution in [0.1, 0.15) is 24.1 Å². The van der Waals surface area contributed by atoms with Crippen LogP contribution in [0.2, 0.25) is 5.02 Å². The molecule has 5 rings (SSSR count). The summed E-state index contributed by atoms with van der Waals surface area (Å²) in [7, 11) is 0. The summed E-state index contributed by atoms with van der Waals surface area (Å²) in [4.78, 5) is 25.5. The third kappa shape index (κ3) is 3.74. The van der Waals surface area contributed by atoms with Crippen molar-refractivity contribution in [2.75, 3.05) is 5.32 Å². The molecule has 0 unspecified atom stereocenters. The number of benzene rings is 1. The Morgan fingerprint density at radius 2 is 2.19 bits per heavy atom.